The van der Waals surface area contributed by atoms with Crippen LogP contribution >= 0.6 is 0 Å². The fourth-order valence-corrected chi connectivity index (χ4v) is 2.15. The van der Waals surface area contributed by atoms with Crippen molar-refractivity contribution in [1.82, 2.24) is 15.3 Å². The Bertz CT molecular complexity index is 553. The van der Waals surface area contributed by atoms with Crippen molar-refractivity contribution >= 4 is 22.4 Å². The molecule has 4 nitrogen and oxygen atoms in total. The van der Waals surface area contributed by atoms with Crippen LogP contribution in [-0.4, -0.2) is 23.1 Å². The van der Waals surface area contributed by atoms with Crippen molar-refractivity contribution in [3.8, 4) is 0 Å². The SMILES string of the molecule is Nc1ccc2c(C3=CCNCC3)c[nH]c2n1. The van der Waals surface area contributed by atoms with E-state index in [1.54, 1.807) is 0 Å². The summed E-state index contributed by atoms with van der Waals surface area (Å²) in [6.45, 7) is 1.99. The molecule has 0 atom stereocenters. The Morgan fingerprint density at radius 1 is 1.31 bits per heavy atom. The maximum Gasteiger partial charge on any atom is 0.140 e. The lowest BCUT2D eigenvalue weighted by atomic mass is 10.0. The minimum Gasteiger partial charge on any atom is -0.384 e. The number of H-pyrrole nitrogens is 1. The molecule has 0 bridgehead atoms. The van der Waals surface area contributed by atoms with E-state index in [4.69, 9.17) is 5.73 Å². The maximum atomic E-state index is 5.66. The second-order valence-electron chi connectivity index (χ2n) is 4.02. The van der Waals surface area contributed by atoms with Gasteiger partial charge in [0.2, 0.25) is 0 Å². The predicted molar refractivity (Wildman–Crippen MR) is 66.0 cm³/mol. The van der Waals surface area contributed by atoms with Gasteiger partial charge in [0.25, 0.3) is 0 Å². The Morgan fingerprint density at radius 3 is 3.06 bits per heavy atom. The Kier molecular flexibility index (Phi) is 2.15. The van der Waals surface area contributed by atoms with Crippen molar-refractivity contribution in [2.24, 2.45) is 0 Å². The summed E-state index contributed by atoms with van der Waals surface area (Å²) in [5.74, 6) is 0.556. The Hall–Kier alpha value is -1.81. The molecule has 0 spiro atoms. The highest BCUT2D eigenvalue weighted by atomic mass is 14.9. The van der Waals surface area contributed by atoms with Gasteiger partial charge in [-0.1, -0.05) is 6.08 Å². The van der Waals surface area contributed by atoms with Crippen LogP contribution in [-0.2, 0) is 0 Å². The number of nitrogens with one attached hydrogen (secondary N) is 2. The molecule has 4 heteroatoms. The van der Waals surface area contributed by atoms with Crippen LogP contribution in [0.3, 0.4) is 0 Å². The summed E-state index contributed by atoms with van der Waals surface area (Å²) in [5, 5.41) is 4.47. The minimum absolute atomic E-state index is 0.556. The number of aromatic amines is 1. The summed E-state index contributed by atoms with van der Waals surface area (Å²) < 4.78 is 0. The van der Waals surface area contributed by atoms with Crippen molar-refractivity contribution < 1.29 is 0 Å². The third kappa shape index (κ3) is 1.47. The molecule has 0 saturated heterocycles. The third-order valence-electron chi connectivity index (χ3n) is 2.97. The van der Waals surface area contributed by atoms with E-state index >= 15 is 0 Å². The molecule has 2 aromatic heterocycles. The van der Waals surface area contributed by atoms with Crippen LogP contribution in [0.1, 0.15) is 12.0 Å². The van der Waals surface area contributed by atoms with E-state index < -0.39 is 0 Å². The van der Waals surface area contributed by atoms with E-state index in [0.717, 1.165) is 30.5 Å². The van der Waals surface area contributed by atoms with E-state index in [0.29, 0.717) is 5.82 Å². The first-order chi connectivity index (χ1) is 7.84. The van der Waals surface area contributed by atoms with Gasteiger partial charge >= 0.3 is 0 Å². The highest BCUT2D eigenvalue weighted by Crippen LogP contribution is 2.27. The zero-order chi connectivity index (χ0) is 11.0. The van der Waals surface area contributed by atoms with Gasteiger partial charge in [0.15, 0.2) is 0 Å². The smallest absolute Gasteiger partial charge is 0.140 e. The zero-order valence-electron chi connectivity index (χ0n) is 8.96. The van der Waals surface area contributed by atoms with Gasteiger partial charge in [-0.2, -0.15) is 0 Å². The number of nitrogen functional groups attached to an aromatic ring is 1. The van der Waals surface area contributed by atoms with Crippen LogP contribution in [0.4, 0.5) is 5.82 Å². The Balaban J connectivity index is 2.13. The molecule has 82 valence electrons. The van der Waals surface area contributed by atoms with Crippen molar-refractivity contribution in [3.05, 3.63) is 30.0 Å². The first-order valence-electron chi connectivity index (χ1n) is 5.48. The van der Waals surface area contributed by atoms with Gasteiger partial charge in [0, 0.05) is 23.7 Å². The van der Waals surface area contributed by atoms with Crippen LogP contribution < -0.4 is 11.1 Å². The average Bonchev–Trinajstić information content (AvgIpc) is 2.73. The third-order valence-corrected chi connectivity index (χ3v) is 2.97. The van der Waals surface area contributed by atoms with Crippen molar-refractivity contribution in [2.45, 2.75) is 6.42 Å². The molecule has 1 aliphatic rings. The molecule has 0 radical (unpaired) electrons. The second-order valence-corrected chi connectivity index (χ2v) is 4.02. The number of nitrogens with zero attached hydrogens (tertiary/aromatic N) is 1. The molecule has 0 amide bonds. The van der Waals surface area contributed by atoms with E-state index in [1.807, 2.05) is 18.3 Å². The topological polar surface area (TPSA) is 66.7 Å². The normalized spacial score (nSPS) is 16.4. The van der Waals surface area contributed by atoms with Crippen molar-refractivity contribution in [1.29, 1.82) is 0 Å². The monoisotopic (exact) mass is 214 g/mol. The van der Waals surface area contributed by atoms with Gasteiger partial charge in [0.1, 0.15) is 11.5 Å². The fourth-order valence-electron chi connectivity index (χ4n) is 2.15. The number of pyridine rings is 1. The number of hydrogen-bond acceptors (Lipinski definition) is 3. The molecule has 0 unspecified atom stereocenters. The predicted octanol–water partition coefficient (Wildman–Crippen LogP) is 1.52. The van der Waals surface area contributed by atoms with Gasteiger partial charge in [-0.05, 0) is 30.7 Å². The van der Waals surface area contributed by atoms with E-state index in [1.165, 1.54) is 11.1 Å². The summed E-state index contributed by atoms with van der Waals surface area (Å²) in [6.07, 6.45) is 5.33. The van der Waals surface area contributed by atoms with Gasteiger partial charge in [-0.3, -0.25) is 0 Å². The highest BCUT2D eigenvalue weighted by Gasteiger charge is 2.11. The molecule has 0 aromatic carbocycles. The fraction of sp³-hybridized carbons (Fsp3) is 0.250. The standard InChI is InChI=1S/C12H14N4/c13-11-2-1-9-10(7-15-12(9)16-11)8-3-5-14-6-4-8/h1-3,7,14H,4-6H2,(H3,13,15,16). The number of hydrogen-bond donors (Lipinski definition) is 3. The lowest BCUT2D eigenvalue weighted by Gasteiger charge is -2.13. The molecule has 1 aliphatic heterocycles. The van der Waals surface area contributed by atoms with Crippen molar-refractivity contribution in [3.63, 3.8) is 0 Å². The number of rotatable bonds is 1. The summed E-state index contributed by atoms with van der Waals surface area (Å²) in [6, 6.07) is 3.88. The van der Waals surface area contributed by atoms with Gasteiger partial charge in [-0.25, -0.2) is 4.98 Å². The molecule has 3 heterocycles. The molecular formula is C12H14N4. The molecule has 0 aliphatic carbocycles. The highest BCUT2D eigenvalue weighted by molar-refractivity contribution is 5.91. The van der Waals surface area contributed by atoms with Gasteiger partial charge < -0.3 is 16.0 Å². The first kappa shape index (κ1) is 9.42. The molecular weight excluding hydrogens is 200 g/mol. The summed E-state index contributed by atoms with van der Waals surface area (Å²) in [4.78, 5) is 7.44. The maximum absolute atomic E-state index is 5.66. The minimum atomic E-state index is 0.556. The summed E-state index contributed by atoms with van der Waals surface area (Å²) in [7, 11) is 0. The molecule has 16 heavy (non-hydrogen) atoms. The average molecular weight is 214 g/mol. The van der Waals surface area contributed by atoms with Crippen molar-refractivity contribution in [2.75, 3.05) is 18.8 Å². The zero-order valence-corrected chi connectivity index (χ0v) is 8.96. The molecule has 0 fully saturated rings. The van der Waals surface area contributed by atoms with Crippen LogP contribution in [0, 0.1) is 0 Å². The van der Waals surface area contributed by atoms with Crippen LogP contribution in [0.5, 0.6) is 0 Å². The molecule has 0 saturated carbocycles. The number of aromatic nitrogens is 2. The number of anilines is 1. The number of nitrogens with two attached hydrogens (primary N) is 1. The van der Waals surface area contributed by atoms with Crippen LogP contribution in [0.2, 0.25) is 0 Å². The lowest BCUT2D eigenvalue weighted by molar-refractivity contribution is 0.739. The van der Waals surface area contributed by atoms with E-state index in [9.17, 15) is 0 Å². The summed E-state index contributed by atoms with van der Waals surface area (Å²) in [5.41, 5.74) is 9.17. The van der Waals surface area contributed by atoms with E-state index in [2.05, 4.69) is 21.4 Å². The summed E-state index contributed by atoms with van der Waals surface area (Å²) >= 11 is 0. The first-order valence-corrected chi connectivity index (χ1v) is 5.48. The second kappa shape index (κ2) is 3.64. The molecule has 3 rings (SSSR count). The van der Waals surface area contributed by atoms with E-state index in [-0.39, 0.29) is 0 Å². The van der Waals surface area contributed by atoms with Gasteiger partial charge in [0.05, 0.1) is 0 Å². The van der Waals surface area contributed by atoms with Crippen LogP contribution in [0.25, 0.3) is 16.6 Å². The molecule has 2 aromatic rings. The number of fused-ring (bicyclic) bond motifs is 1. The molecule has 4 N–H and O–H groups in total. The Labute approximate surface area is 93.6 Å². The Morgan fingerprint density at radius 2 is 2.25 bits per heavy atom. The van der Waals surface area contributed by atoms with Gasteiger partial charge in [-0.15, -0.1) is 0 Å². The van der Waals surface area contributed by atoms with Crippen LogP contribution in [0.15, 0.2) is 24.4 Å². The quantitative estimate of drug-likeness (QED) is 0.674. The lowest BCUT2D eigenvalue weighted by Crippen LogP contribution is -2.19. The largest absolute Gasteiger partial charge is 0.384 e.